The van der Waals surface area contributed by atoms with E-state index in [9.17, 15) is 19.8 Å². The molecule has 5 rings (SSSR count). The third-order valence-electron chi connectivity index (χ3n) is 10.5. The van der Waals surface area contributed by atoms with Crippen LogP contribution in [0.25, 0.3) is 0 Å². The van der Waals surface area contributed by atoms with Crippen molar-refractivity contribution in [3.63, 3.8) is 0 Å². The molecule has 0 aromatic heterocycles. The maximum Gasteiger partial charge on any atom is 0.338 e. The van der Waals surface area contributed by atoms with Gasteiger partial charge in [0.05, 0.1) is 17.1 Å². The lowest BCUT2D eigenvalue weighted by Crippen LogP contribution is -2.66. The van der Waals surface area contributed by atoms with E-state index in [-0.39, 0.29) is 40.2 Å². The zero-order valence-electron chi connectivity index (χ0n) is 19.5. The minimum atomic E-state index is -0.927. The van der Waals surface area contributed by atoms with Crippen LogP contribution in [0.5, 0.6) is 0 Å². The van der Waals surface area contributed by atoms with Crippen molar-refractivity contribution in [2.24, 2.45) is 33.5 Å². The van der Waals surface area contributed by atoms with Gasteiger partial charge in [-0.3, -0.25) is 4.79 Å². The molecule has 0 radical (unpaired) electrons. The minimum absolute atomic E-state index is 0.0123. The fourth-order valence-corrected chi connectivity index (χ4v) is 8.86. The van der Waals surface area contributed by atoms with Gasteiger partial charge in [0.1, 0.15) is 6.10 Å². The highest BCUT2D eigenvalue weighted by atomic mass is 16.5. The summed E-state index contributed by atoms with van der Waals surface area (Å²) in [4.78, 5) is 25.8. The van der Waals surface area contributed by atoms with Gasteiger partial charge in [-0.15, -0.1) is 0 Å². The highest BCUT2D eigenvalue weighted by Crippen LogP contribution is 2.76. The van der Waals surface area contributed by atoms with Crippen molar-refractivity contribution in [1.29, 1.82) is 0 Å². The van der Waals surface area contributed by atoms with Crippen molar-refractivity contribution in [3.8, 4) is 0 Å². The van der Waals surface area contributed by atoms with E-state index in [2.05, 4.69) is 13.8 Å². The van der Waals surface area contributed by atoms with E-state index in [0.29, 0.717) is 18.4 Å². The Morgan fingerprint density at radius 1 is 1.00 bits per heavy atom. The van der Waals surface area contributed by atoms with Crippen LogP contribution in [-0.4, -0.2) is 34.4 Å². The molecule has 32 heavy (non-hydrogen) atoms. The molecule has 5 nitrogen and oxygen atoms in total. The summed E-state index contributed by atoms with van der Waals surface area (Å²) in [6.07, 6.45) is 6.00. The van der Waals surface area contributed by atoms with Crippen molar-refractivity contribution in [2.45, 2.75) is 84.3 Å². The summed E-state index contributed by atoms with van der Waals surface area (Å²) in [5.74, 6) is -1.14. The number of hydrogen-bond acceptors (Lipinski definition) is 4. The molecule has 2 bridgehead atoms. The van der Waals surface area contributed by atoms with E-state index in [1.165, 1.54) is 0 Å². The number of carboxylic acids is 1. The second-order valence-electron chi connectivity index (χ2n) is 12.0. The molecule has 0 saturated heterocycles. The molecule has 0 heterocycles. The van der Waals surface area contributed by atoms with Gasteiger partial charge in [-0.2, -0.15) is 0 Å². The van der Waals surface area contributed by atoms with Gasteiger partial charge in [0.2, 0.25) is 0 Å². The van der Waals surface area contributed by atoms with Crippen LogP contribution in [0.1, 0.15) is 82.5 Å². The van der Waals surface area contributed by atoms with Crippen LogP contribution in [0.4, 0.5) is 0 Å². The van der Waals surface area contributed by atoms with Crippen LogP contribution < -0.4 is 0 Å². The van der Waals surface area contributed by atoms with Crippen molar-refractivity contribution in [2.75, 3.05) is 0 Å². The molecule has 1 aromatic rings. The van der Waals surface area contributed by atoms with E-state index in [4.69, 9.17) is 4.74 Å². The Hall–Kier alpha value is -1.88. The Balaban J connectivity index is 1.59. The molecule has 4 aliphatic carbocycles. The number of aliphatic hydroxyl groups is 1. The second-order valence-corrected chi connectivity index (χ2v) is 12.0. The van der Waals surface area contributed by atoms with E-state index in [1.807, 2.05) is 25.1 Å². The third-order valence-corrected chi connectivity index (χ3v) is 10.5. The first-order chi connectivity index (χ1) is 15.1. The average Bonchev–Trinajstić information content (AvgIpc) is 3.08. The summed E-state index contributed by atoms with van der Waals surface area (Å²) in [5.41, 5.74) is -0.739. The maximum atomic E-state index is 13.1. The lowest BCUT2D eigenvalue weighted by molar-refractivity contribution is -0.233. The maximum absolute atomic E-state index is 13.1. The van der Waals surface area contributed by atoms with Crippen LogP contribution in [0.3, 0.4) is 0 Å². The van der Waals surface area contributed by atoms with Crippen molar-refractivity contribution in [1.82, 2.24) is 0 Å². The smallest absolute Gasteiger partial charge is 0.338 e. The van der Waals surface area contributed by atoms with Gasteiger partial charge >= 0.3 is 11.9 Å². The van der Waals surface area contributed by atoms with Crippen LogP contribution >= 0.6 is 0 Å². The van der Waals surface area contributed by atoms with Gasteiger partial charge in [-0.1, -0.05) is 38.5 Å². The number of aliphatic carboxylic acids is 1. The Morgan fingerprint density at radius 3 is 2.41 bits per heavy atom. The summed E-state index contributed by atoms with van der Waals surface area (Å²) in [5, 5.41) is 21.4. The lowest BCUT2D eigenvalue weighted by atomic mass is 9.37. The number of fused-ring (bicyclic) bond motifs is 2. The quantitative estimate of drug-likeness (QED) is 0.641. The Kier molecular flexibility index (Phi) is 4.84. The van der Waals surface area contributed by atoms with E-state index < -0.39 is 17.5 Å². The Labute approximate surface area is 190 Å². The topological polar surface area (TPSA) is 83.8 Å². The SMILES string of the molecule is C[C@]12CC[C@]3(C1)[C@H](C[C@H]2O)C[C@@H](OC(=O)c1ccccc1)[C@H]1[C@](C)(C(=O)O)CCC[C@@]13C. The Morgan fingerprint density at radius 2 is 1.72 bits per heavy atom. The molecule has 174 valence electrons. The van der Waals surface area contributed by atoms with Gasteiger partial charge in [0, 0.05) is 5.92 Å². The zero-order valence-corrected chi connectivity index (χ0v) is 19.5. The zero-order chi connectivity index (χ0) is 22.9. The number of carboxylic acid groups (broad SMARTS) is 1. The molecule has 2 N–H and O–H groups in total. The van der Waals surface area contributed by atoms with Gasteiger partial charge in [-0.05, 0) is 86.2 Å². The van der Waals surface area contributed by atoms with Gasteiger partial charge < -0.3 is 14.9 Å². The molecule has 1 aromatic carbocycles. The largest absolute Gasteiger partial charge is 0.481 e. The lowest BCUT2D eigenvalue weighted by Gasteiger charge is -2.67. The van der Waals surface area contributed by atoms with Crippen LogP contribution in [-0.2, 0) is 9.53 Å². The number of hydrogen-bond donors (Lipinski definition) is 2. The van der Waals surface area contributed by atoms with Gasteiger partial charge in [0.15, 0.2) is 0 Å². The van der Waals surface area contributed by atoms with Crippen molar-refractivity contribution in [3.05, 3.63) is 35.9 Å². The summed E-state index contributed by atoms with van der Waals surface area (Å²) < 4.78 is 6.19. The van der Waals surface area contributed by atoms with Crippen molar-refractivity contribution >= 4 is 11.9 Å². The van der Waals surface area contributed by atoms with E-state index in [0.717, 1.165) is 38.5 Å². The van der Waals surface area contributed by atoms with E-state index in [1.54, 1.807) is 12.1 Å². The molecule has 5 heteroatoms. The molecule has 4 saturated carbocycles. The normalized spacial score (nSPS) is 47.2. The molecule has 0 amide bonds. The van der Waals surface area contributed by atoms with E-state index >= 15 is 0 Å². The van der Waals surface area contributed by atoms with Crippen LogP contribution in [0.15, 0.2) is 30.3 Å². The van der Waals surface area contributed by atoms with Gasteiger partial charge in [-0.25, -0.2) is 4.79 Å². The fraction of sp³-hybridized carbons (Fsp3) is 0.704. The van der Waals surface area contributed by atoms with Crippen LogP contribution in [0, 0.1) is 33.5 Å². The van der Waals surface area contributed by atoms with Crippen molar-refractivity contribution < 1.29 is 24.5 Å². The molecule has 4 fully saturated rings. The summed E-state index contributed by atoms with van der Waals surface area (Å²) in [6.45, 7) is 6.38. The highest BCUT2D eigenvalue weighted by molar-refractivity contribution is 5.89. The Bertz CT molecular complexity index is 929. The number of aliphatic hydroxyl groups excluding tert-OH is 1. The van der Waals surface area contributed by atoms with Crippen LogP contribution in [0.2, 0.25) is 0 Å². The third kappa shape index (κ3) is 2.79. The molecule has 4 aliphatic rings. The number of rotatable bonds is 3. The summed E-state index contributed by atoms with van der Waals surface area (Å²) >= 11 is 0. The molecule has 0 unspecified atom stereocenters. The first-order valence-electron chi connectivity index (χ1n) is 12.2. The summed E-state index contributed by atoms with van der Waals surface area (Å²) in [6, 6.07) is 8.98. The first-order valence-corrected chi connectivity index (χ1v) is 12.2. The standard InChI is InChI=1S/C27H36O5/c1-24-12-13-27(16-24)18(15-20(24)28)14-19(32-22(29)17-8-5-4-6-9-17)21-25(2,23(30)31)10-7-11-26(21,27)3/h4-6,8-9,18-21,28H,7,10-16H2,1-3H3,(H,30,31)/t18-,19+,20+,21-,24-,25+,26-,27-/m0/s1. The summed E-state index contributed by atoms with van der Waals surface area (Å²) in [7, 11) is 0. The number of carbonyl (C=O) groups excluding carboxylic acids is 1. The molecule has 8 atom stereocenters. The first kappa shape index (κ1) is 21.9. The molecule has 0 aliphatic heterocycles. The minimum Gasteiger partial charge on any atom is -0.481 e. The predicted molar refractivity (Wildman–Crippen MR) is 120 cm³/mol. The predicted octanol–water partition coefficient (Wildman–Crippen LogP) is 5.07. The van der Waals surface area contributed by atoms with Gasteiger partial charge in [0.25, 0.3) is 0 Å². The fourth-order valence-electron chi connectivity index (χ4n) is 8.86. The monoisotopic (exact) mass is 440 g/mol. The number of ether oxygens (including phenoxy) is 1. The number of esters is 1. The molecular weight excluding hydrogens is 404 g/mol. The second kappa shape index (κ2) is 7.06. The number of carbonyl (C=O) groups is 2. The average molecular weight is 441 g/mol. The molecular formula is C27H36O5. The molecule has 1 spiro atoms. The highest BCUT2D eigenvalue weighted by Gasteiger charge is 2.73. The number of benzene rings is 1.